The molecular formula is C24H18F3N3O7. The van der Waals surface area contributed by atoms with Gasteiger partial charge in [-0.1, -0.05) is 36.4 Å². The van der Waals surface area contributed by atoms with Crippen LogP contribution in [0.25, 0.3) is 0 Å². The molecule has 2 aromatic carbocycles. The van der Waals surface area contributed by atoms with E-state index in [4.69, 9.17) is 15.2 Å². The molecule has 3 rings (SSSR count). The highest BCUT2D eigenvalue weighted by Gasteiger charge is 2.45. The van der Waals surface area contributed by atoms with Gasteiger partial charge in [-0.15, -0.1) is 13.2 Å². The van der Waals surface area contributed by atoms with Crippen molar-refractivity contribution in [3.63, 3.8) is 0 Å². The fourth-order valence-electron chi connectivity index (χ4n) is 3.88. The summed E-state index contributed by atoms with van der Waals surface area (Å²) in [5, 5.41) is 19.8. The van der Waals surface area contributed by atoms with Gasteiger partial charge in [-0.2, -0.15) is 5.26 Å². The number of carbonyl (C=O) groups is 3. The van der Waals surface area contributed by atoms with Crippen molar-refractivity contribution >= 4 is 23.6 Å². The van der Waals surface area contributed by atoms with Crippen LogP contribution in [0.1, 0.15) is 21.8 Å². The van der Waals surface area contributed by atoms with E-state index in [1.807, 2.05) is 6.07 Å². The molecule has 0 saturated heterocycles. The van der Waals surface area contributed by atoms with Crippen LogP contribution in [0.2, 0.25) is 0 Å². The molecule has 0 radical (unpaired) electrons. The molecule has 0 aromatic heterocycles. The molecule has 1 heterocycles. The minimum absolute atomic E-state index is 0.307. The van der Waals surface area contributed by atoms with E-state index in [2.05, 4.69) is 4.74 Å². The number of hydrogen-bond donors (Lipinski definition) is 2. The summed E-state index contributed by atoms with van der Waals surface area (Å²) < 4.78 is 53.5. The van der Waals surface area contributed by atoms with Crippen LogP contribution in [0.15, 0.2) is 71.2 Å². The Balaban J connectivity index is 2.53. The first-order valence-electron chi connectivity index (χ1n) is 10.2. The number of nitrogens with two attached hydrogens (primary N) is 1. The van der Waals surface area contributed by atoms with E-state index in [1.165, 1.54) is 12.1 Å². The van der Waals surface area contributed by atoms with Gasteiger partial charge in [0.25, 0.3) is 0 Å². The zero-order chi connectivity index (χ0) is 27.5. The summed E-state index contributed by atoms with van der Waals surface area (Å²) in [7, 11) is 1.91. The van der Waals surface area contributed by atoms with Crippen LogP contribution in [-0.4, -0.2) is 43.6 Å². The van der Waals surface area contributed by atoms with Crippen molar-refractivity contribution in [2.45, 2.75) is 12.3 Å². The van der Waals surface area contributed by atoms with E-state index in [0.29, 0.717) is 10.5 Å². The number of ether oxygens (including phenoxy) is 3. The van der Waals surface area contributed by atoms with E-state index < -0.39 is 64.3 Å². The Morgan fingerprint density at radius 1 is 1.03 bits per heavy atom. The van der Waals surface area contributed by atoms with Crippen molar-refractivity contribution in [1.82, 2.24) is 0 Å². The zero-order valence-corrected chi connectivity index (χ0v) is 19.2. The quantitative estimate of drug-likeness (QED) is 0.547. The number of aromatic carboxylic acids is 1. The minimum Gasteiger partial charge on any atom is -0.478 e. The summed E-state index contributed by atoms with van der Waals surface area (Å²) in [5.74, 6) is -7.16. The fourth-order valence-corrected chi connectivity index (χ4v) is 3.88. The van der Waals surface area contributed by atoms with Crippen LogP contribution in [0, 0.1) is 11.3 Å². The molecule has 3 N–H and O–H groups in total. The lowest BCUT2D eigenvalue weighted by atomic mass is 9.80. The van der Waals surface area contributed by atoms with Gasteiger partial charge in [0, 0.05) is 0 Å². The number of allylic oxidation sites excluding steroid dienone is 1. The molecule has 2 aromatic rings. The Kier molecular flexibility index (Phi) is 7.43. The largest absolute Gasteiger partial charge is 0.573 e. The number of nitrogens with zero attached hydrogens (tertiary/aromatic N) is 2. The second-order valence-electron chi connectivity index (χ2n) is 7.34. The van der Waals surface area contributed by atoms with E-state index in [0.717, 1.165) is 32.4 Å². The average molecular weight is 517 g/mol. The number of methoxy groups -OCH3 is 2. The first-order chi connectivity index (χ1) is 17.5. The SMILES string of the molecule is COC(=O)C1=C(C(=O)OC)N(c2c(OC(F)(F)F)cccc2C(=O)O)C(N)=C(C#N)C1c1ccccc1. The van der Waals surface area contributed by atoms with E-state index in [-0.39, 0.29) is 5.57 Å². The van der Waals surface area contributed by atoms with Gasteiger partial charge in [0.05, 0.1) is 42.9 Å². The number of alkyl halides is 3. The molecule has 1 aliphatic heterocycles. The molecule has 0 amide bonds. The number of anilines is 1. The number of carbonyl (C=O) groups excluding carboxylic acids is 2. The van der Waals surface area contributed by atoms with Gasteiger partial charge in [-0.3, -0.25) is 4.90 Å². The van der Waals surface area contributed by atoms with Crippen molar-refractivity contribution in [2.75, 3.05) is 19.1 Å². The molecule has 13 heteroatoms. The number of nitriles is 1. The van der Waals surface area contributed by atoms with Crippen LogP contribution < -0.4 is 15.4 Å². The van der Waals surface area contributed by atoms with Crippen LogP contribution in [-0.2, 0) is 19.1 Å². The van der Waals surface area contributed by atoms with Gasteiger partial charge >= 0.3 is 24.3 Å². The number of esters is 2. The van der Waals surface area contributed by atoms with Crippen molar-refractivity contribution < 1.29 is 46.9 Å². The number of hydrogen-bond acceptors (Lipinski definition) is 9. The number of rotatable bonds is 6. The Morgan fingerprint density at radius 2 is 1.65 bits per heavy atom. The second-order valence-corrected chi connectivity index (χ2v) is 7.34. The number of carboxylic acids is 1. The lowest BCUT2D eigenvalue weighted by Gasteiger charge is -2.37. The Bertz CT molecular complexity index is 1360. The lowest BCUT2D eigenvalue weighted by Crippen LogP contribution is -2.41. The van der Waals surface area contributed by atoms with Crippen molar-refractivity contribution in [1.29, 1.82) is 5.26 Å². The van der Waals surface area contributed by atoms with E-state index in [9.17, 15) is 37.9 Å². The fraction of sp³-hybridized carbons (Fsp3) is 0.167. The normalized spacial score (nSPS) is 15.7. The maximum absolute atomic E-state index is 13.3. The zero-order valence-electron chi connectivity index (χ0n) is 19.2. The van der Waals surface area contributed by atoms with Gasteiger partial charge < -0.3 is 25.1 Å². The maximum atomic E-state index is 13.3. The summed E-state index contributed by atoms with van der Waals surface area (Å²) >= 11 is 0. The van der Waals surface area contributed by atoms with Crippen molar-refractivity contribution in [3.8, 4) is 11.8 Å². The Morgan fingerprint density at radius 3 is 2.16 bits per heavy atom. The lowest BCUT2D eigenvalue weighted by molar-refractivity contribution is -0.274. The highest BCUT2D eigenvalue weighted by molar-refractivity contribution is 6.08. The Hall–Kier alpha value is -4.99. The molecular weight excluding hydrogens is 499 g/mol. The van der Waals surface area contributed by atoms with Gasteiger partial charge in [0.15, 0.2) is 5.75 Å². The molecule has 0 bridgehead atoms. The number of benzene rings is 2. The van der Waals surface area contributed by atoms with Gasteiger partial charge in [-0.05, 0) is 17.7 Å². The number of halogens is 3. The third kappa shape index (κ3) is 5.03. The summed E-state index contributed by atoms with van der Waals surface area (Å²) in [6.07, 6.45) is -5.29. The first kappa shape index (κ1) is 26.6. The predicted octanol–water partition coefficient (Wildman–Crippen LogP) is 3.18. The third-order valence-electron chi connectivity index (χ3n) is 5.29. The smallest absolute Gasteiger partial charge is 0.478 e. The second kappa shape index (κ2) is 10.3. The highest BCUT2D eigenvalue weighted by atomic mass is 19.4. The predicted molar refractivity (Wildman–Crippen MR) is 120 cm³/mol. The summed E-state index contributed by atoms with van der Waals surface area (Å²) in [6.45, 7) is 0. The topological polar surface area (TPSA) is 152 Å². The van der Waals surface area contributed by atoms with Gasteiger partial charge in [0.1, 0.15) is 17.2 Å². The molecule has 192 valence electrons. The summed E-state index contributed by atoms with van der Waals surface area (Å²) in [4.78, 5) is 38.7. The maximum Gasteiger partial charge on any atom is 0.573 e. The summed E-state index contributed by atoms with van der Waals surface area (Å²) in [5.41, 5.74) is 3.23. The Labute approximate surface area is 207 Å². The average Bonchev–Trinajstić information content (AvgIpc) is 2.86. The monoisotopic (exact) mass is 517 g/mol. The van der Waals surface area contributed by atoms with Crippen LogP contribution in [0.5, 0.6) is 5.75 Å². The van der Waals surface area contributed by atoms with Crippen LogP contribution in [0.4, 0.5) is 18.9 Å². The van der Waals surface area contributed by atoms with Gasteiger partial charge in [0.2, 0.25) is 0 Å². The molecule has 37 heavy (non-hydrogen) atoms. The third-order valence-corrected chi connectivity index (χ3v) is 5.29. The number of para-hydroxylation sites is 1. The molecule has 1 aliphatic rings. The molecule has 1 unspecified atom stereocenters. The van der Waals surface area contributed by atoms with Gasteiger partial charge in [-0.25, -0.2) is 14.4 Å². The molecule has 1 atom stereocenters. The van der Waals surface area contributed by atoms with Crippen molar-refractivity contribution in [2.24, 2.45) is 5.73 Å². The molecule has 0 fully saturated rings. The van der Waals surface area contributed by atoms with Crippen molar-refractivity contribution in [3.05, 3.63) is 82.3 Å². The van der Waals surface area contributed by atoms with Crippen LogP contribution >= 0.6 is 0 Å². The highest BCUT2D eigenvalue weighted by Crippen LogP contribution is 2.47. The molecule has 0 spiro atoms. The minimum atomic E-state index is -5.29. The van der Waals surface area contributed by atoms with Crippen LogP contribution in [0.3, 0.4) is 0 Å². The molecule has 0 saturated carbocycles. The summed E-state index contributed by atoms with van der Waals surface area (Å²) in [6, 6.07) is 12.3. The first-order valence-corrected chi connectivity index (χ1v) is 10.2. The van der Waals surface area contributed by atoms with E-state index >= 15 is 0 Å². The van der Waals surface area contributed by atoms with E-state index in [1.54, 1.807) is 18.2 Å². The standard InChI is InChI=1S/C24H18F3N3O7/c1-35-22(33)17-16(12-7-4-3-5-8-12)14(11-28)20(29)30(19(17)23(34)36-2)18-13(21(31)32)9-6-10-15(18)37-24(25,26)27/h3-10,16H,29H2,1-2H3,(H,31,32). The number of carboxylic acid groups (broad SMARTS) is 1. The molecule has 0 aliphatic carbocycles. The molecule has 10 nitrogen and oxygen atoms in total.